The lowest BCUT2D eigenvalue weighted by molar-refractivity contribution is 0.565. The van der Waals surface area contributed by atoms with E-state index in [2.05, 4.69) is 103 Å². The summed E-state index contributed by atoms with van der Waals surface area (Å²) in [7, 11) is 0. The number of benzene rings is 2. The number of pyridine rings is 1. The van der Waals surface area contributed by atoms with Crippen molar-refractivity contribution in [2.24, 2.45) is 0 Å². The Hall–Kier alpha value is -3.44. The van der Waals surface area contributed by atoms with E-state index >= 15 is 0 Å². The van der Waals surface area contributed by atoms with Crippen molar-refractivity contribution in [1.82, 2.24) is 14.9 Å². The van der Waals surface area contributed by atoms with Gasteiger partial charge in [-0.15, -0.1) is 0 Å². The van der Waals surface area contributed by atoms with Crippen LogP contribution in [0, 0.1) is 13.8 Å². The summed E-state index contributed by atoms with van der Waals surface area (Å²) in [4.78, 5) is 6.99. The predicted octanol–water partition coefficient (Wildman–Crippen LogP) is 6.79. The molecule has 1 fully saturated rings. The molecule has 1 saturated heterocycles. The van der Waals surface area contributed by atoms with Crippen LogP contribution in [0.3, 0.4) is 0 Å². The smallest absolute Gasteiger partial charge is 0.174 e. The van der Waals surface area contributed by atoms with Crippen LogP contribution >= 0.6 is 12.2 Å². The van der Waals surface area contributed by atoms with Crippen LogP contribution in [0.5, 0.6) is 0 Å². The monoisotopic (exact) mass is 480 g/mol. The van der Waals surface area contributed by atoms with Crippen LogP contribution in [0.2, 0.25) is 0 Å². The number of hydrogen-bond acceptors (Lipinski definition) is 2. The van der Waals surface area contributed by atoms with E-state index < -0.39 is 0 Å². The largest absolute Gasteiger partial charge is 0.351 e. The van der Waals surface area contributed by atoms with Gasteiger partial charge in [0.25, 0.3) is 0 Å². The molecule has 5 rings (SSSR count). The maximum Gasteiger partial charge on any atom is 0.174 e. The molecule has 5 heteroatoms. The van der Waals surface area contributed by atoms with Crippen LogP contribution in [0.1, 0.15) is 59.7 Å². The van der Waals surface area contributed by atoms with Gasteiger partial charge in [-0.25, -0.2) is 0 Å². The van der Waals surface area contributed by atoms with E-state index in [0.717, 1.165) is 29.3 Å². The fraction of sp³-hybridized carbons (Fsp3) is 0.267. The normalized spacial score (nSPS) is 17.6. The standard InChI is InChI=1S/C30H32N4S/c1-5-22-14-16-24(17-15-22)34-29(28(32-30(34)35)26-12-9-10-18-31-26)25-19-20(3)33(21(25)4)27-13-8-7-11-23(27)6-2/h7-19,28-29H,5-6H2,1-4H3,(H,32,35)/t28-,29+/m0/s1. The molecule has 1 aliphatic rings. The van der Waals surface area contributed by atoms with E-state index in [4.69, 9.17) is 17.2 Å². The van der Waals surface area contributed by atoms with Crippen molar-refractivity contribution >= 4 is 23.0 Å². The third kappa shape index (κ3) is 4.14. The second-order valence-electron chi connectivity index (χ2n) is 9.16. The Morgan fingerprint density at radius 1 is 0.914 bits per heavy atom. The van der Waals surface area contributed by atoms with Crippen molar-refractivity contribution in [2.45, 2.75) is 52.6 Å². The third-order valence-electron chi connectivity index (χ3n) is 7.12. The van der Waals surface area contributed by atoms with Crippen molar-refractivity contribution in [2.75, 3.05) is 4.90 Å². The second kappa shape index (κ2) is 9.67. The zero-order valence-electron chi connectivity index (χ0n) is 20.8. The highest BCUT2D eigenvalue weighted by molar-refractivity contribution is 7.80. The molecule has 0 radical (unpaired) electrons. The molecule has 1 N–H and O–H groups in total. The molecule has 0 aliphatic carbocycles. The summed E-state index contributed by atoms with van der Waals surface area (Å²) in [6, 6.07) is 25.8. The Balaban J connectivity index is 1.68. The highest BCUT2D eigenvalue weighted by Gasteiger charge is 2.42. The Morgan fingerprint density at radius 2 is 1.66 bits per heavy atom. The summed E-state index contributed by atoms with van der Waals surface area (Å²) in [6.07, 6.45) is 3.86. The van der Waals surface area contributed by atoms with Gasteiger partial charge in [-0.05, 0) is 92.0 Å². The zero-order chi connectivity index (χ0) is 24.5. The number of hydrogen-bond donors (Lipinski definition) is 1. The van der Waals surface area contributed by atoms with Crippen LogP contribution in [0.25, 0.3) is 5.69 Å². The Bertz CT molecular complexity index is 1340. The maximum absolute atomic E-state index is 5.93. The van der Waals surface area contributed by atoms with Crippen molar-refractivity contribution in [3.8, 4) is 5.69 Å². The second-order valence-corrected chi connectivity index (χ2v) is 9.55. The quantitative estimate of drug-likeness (QED) is 0.308. The number of thiocarbonyl (C=S) groups is 1. The van der Waals surface area contributed by atoms with Gasteiger partial charge in [0.1, 0.15) is 0 Å². The lowest BCUT2D eigenvalue weighted by Crippen LogP contribution is -2.29. The molecule has 3 heterocycles. The van der Waals surface area contributed by atoms with Gasteiger partial charge in [0.05, 0.1) is 17.8 Å². The number of nitrogens with one attached hydrogen (secondary N) is 1. The highest BCUT2D eigenvalue weighted by atomic mass is 32.1. The lowest BCUT2D eigenvalue weighted by atomic mass is 9.96. The molecule has 2 atom stereocenters. The van der Waals surface area contributed by atoms with E-state index in [-0.39, 0.29) is 12.1 Å². The van der Waals surface area contributed by atoms with Gasteiger partial charge >= 0.3 is 0 Å². The van der Waals surface area contributed by atoms with Crippen LogP contribution in [-0.4, -0.2) is 14.7 Å². The van der Waals surface area contributed by atoms with E-state index in [1.54, 1.807) is 0 Å². The number of aryl methyl sites for hydroxylation is 3. The molecule has 0 spiro atoms. The summed E-state index contributed by atoms with van der Waals surface area (Å²) in [5, 5.41) is 4.33. The molecule has 0 amide bonds. The first-order chi connectivity index (χ1) is 17.0. The molecule has 1 aliphatic heterocycles. The summed E-state index contributed by atoms with van der Waals surface area (Å²) in [6.45, 7) is 8.82. The van der Waals surface area contributed by atoms with Crippen molar-refractivity contribution in [3.05, 3.63) is 113 Å². The van der Waals surface area contributed by atoms with Crippen LogP contribution in [-0.2, 0) is 12.8 Å². The molecular weight excluding hydrogens is 448 g/mol. The Labute approximate surface area is 213 Å². The first-order valence-electron chi connectivity index (χ1n) is 12.4. The molecule has 2 aromatic carbocycles. The minimum Gasteiger partial charge on any atom is -0.351 e. The summed E-state index contributed by atoms with van der Waals surface area (Å²) in [5.41, 5.74) is 9.71. The third-order valence-corrected chi connectivity index (χ3v) is 7.44. The number of nitrogens with zero attached hydrogens (tertiary/aromatic N) is 3. The van der Waals surface area contributed by atoms with Crippen molar-refractivity contribution < 1.29 is 0 Å². The summed E-state index contributed by atoms with van der Waals surface area (Å²) < 4.78 is 2.39. The minimum atomic E-state index is -0.0510. The van der Waals surface area contributed by atoms with Gasteiger partial charge in [-0.2, -0.15) is 0 Å². The molecule has 4 aromatic rings. The summed E-state index contributed by atoms with van der Waals surface area (Å²) >= 11 is 5.93. The first-order valence-corrected chi connectivity index (χ1v) is 12.8. The van der Waals surface area contributed by atoms with Crippen LogP contribution < -0.4 is 10.2 Å². The van der Waals surface area contributed by atoms with E-state index in [9.17, 15) is 0 Å². The number of rotatable bonds is 6. The average Bonchev–Trinajstić information content (AvgIpc) is 3.39. The summed E-state index contributed by atoms with van der Waals surface area (Å²) in [5.74, 6) is 0. The molecule has 0 unspecified atom stereocenters. The highest BCUT2D eigenvalue weighted by Crippen LogP contribution is 2.44. The molecule has 0 saturated carbocycles. The fourth-order valence-corrected chi connectivity index (χ4v) is 5.67. The molecule has 35 heavy (non-hydrogen) atoms. The minimum absolute atomic E-state index is 0.0152. The Kier molecular flexibility index (Phi) is 6.44. The lowest BCUT2D eigenvalue weighted by Gasteiger charge is -2.28. The molecule has 0 bridgehead atoms. The van der Waals surface area contributed by atoms with Gasteiger partial charge in [-0.3, -0.25) is 4.98 Å². The Morgan fingerprint density at radius 3 is 2.34 bits per heavy atom. The molecule has 4 nitrogen and oxygen atoms in total. The van der Waals surface area contributed by atoms with Crippen molar-refractivity contribution in [1.29, 1.82) is 0 Å². The zero-order valence-corrected chi connectivity index (χ0v) is 21.6. The van der Waals surface area contributed by atoms with Gasteiger partial charge in [0.2, 0.25) is 0 Å². The SMILES string of the molecule is CCc1ccc(N2C(=S)N[C@@H](c3ccccn3)[C@H]2c2cc(C)n(-c3ccccc3CC)c2C)cc1. The van der Waals surface area contributed by atoms with Gasteiger partial charge in [0, 0.05) is 29.0 Å². The van der Waals surface area contributed by atoms with Gasteiger partial charge in [-0.1, -0.05) is 50.2 Å². The molecular formula is C30H32N4S. The van der Waals surface area contributed by atoms with E-state index in [0.29, 0.717) is 0 Å². The van der Waals surface area contributed by atoms with E-state index in [1.165, 1.54) is 33.8 Å². The van der Waals surface area contributed by atoms with E-state index in [1.807, 2.05) is 18.3 Å². The van der Waals surface area contributed by atoms with Crippen LogP contribution in [0.4, 0.5) is 5.69 Å². The average molecular weight is 481 g/mol. The fourth-order valence-electron chi connectivity index (χ4n) is 5.33. The predicted molar refractivity (Wildman–Crippen MR) is 148 cm³/mol. The first kappa shape index (κ1) is 23.3. The number of para-hydroxylation sites is 1. The molecule has 2 aromatic heterocycles. The van der Waals surface area contributed by atoms with Crippen LogP contribution in [0.15, 0.2) is 79.0 Å². The maximum atomic E-state index is 5.93. The number of aromatic nitrogens is 2. The molecule has 178 valence electrons. The number of anilines is 1. The topological polar surface area (TPSA) is 33.1 Å². The van der Waals surface area contributed by atoms with Gasteiger partial charge in [0.15, 0.2) is 5.11 Å². The van der Waals surface area contributed by atoms with Gasteiger partial charge < -0.3 is 14.8 Å². The van der Waals surface area contributed by atoms with Crippen molar-refractivity contribution in [3.63, 3.8) is 0 Å².